The summed E-state index contributed by atoms with van der Waals surface area (Å²) in [5.41, 5.74) is 1.89. The Balaban J connectivity index is 2.34. The van der Waals surface area contributed by atoms with Crippen molar-refractivity contribution in [1.29, 1.82) is 0 Å². The number of nitrogens with zero attached hydrogens (tertiary/aromatic N) is 1. The first kappa shape index (κ1) is 15.1. The van der Waals surface area contributed by atoms with Crippen LogP contribution in [0.1, 0.15) is 22.9 Å². The van der Waals surface area contributed by atoms with E-state index in [-0.39, 0.29) is 22.5 Å². The van der Waals surface area contributed by atoms with Crippen LogP contribution in [0.4, 0.5) is 8.78 Å². The molecule has 1 aromatic carbocycles. The number of rotatable bonds is 4. The molecule has 0 saturated carbocycles. The van der Waals surface area contributed by atoms with Crippen molar-refractivity contribution in [2.75, 3.05) is 7.05 Å². The molecule has 1 heterocycles. The smallest absolute Gasteiger partial charge is 0.143 e. The van der Waals surface area contributed by atoms with Gasteiger partial charge in [-0.2, -0.15) is 0 Å². The maximum atomic E-state index is 14.0. The Morgan fingerprint density at radius 1 is 1.30 bits per heavy atom. The number of hydrogen-bond donors (Lipinski definition) is 1. The lowest BCUT2D eigenvalue weighted by molar-refractivity contribution is 0.507. The van der Waals surface area contributed by atoms with Crippen LogP contribution < -0.4 is 5.32 Å². The van der Waals surface area contributed by atoms with Gasteiger partial charge in [-0.1, -0.05) is 0 Å². The third-order valence-electron chi connectivity index (χ3n) is 3.19. The van der Waals surface area contributed by atoms with Crippen molar-refractivity contribution in [3.05, 3.63) is 63.4 Å². The minimum absolute atomic E-state index is 0.0574. The molecule has 20 heavy (non-hydrogen) atoms. The highest BCUT2D eigenvalue weighted by atomic mass is 79.9. The predicted octanol–water partition coefficient (Wildman–Crippen LogP) is 3.93. The Hall–Kier alpha value is -1.33. The number of likely N-dealkylation sites (N-methyl/N-ethyl adjacent to an activating group) is 1. The molecule has 106 valence electrons. The molecule has 5 heteroatoms. The van der Waals surface area contributed by atoms with Crippen molar-refractivity contribution < 1.29 is 8.78 Å². The first-order chi connectivity index (χ1) is 9.52. The molecule has 0 amide bonds. The summed E-state index contributed by atoms with van der Waals surface area (Å²) < 4.78 is 28.1. The summed E-state index contributed by atoms with van der Waals surface area (Å²) in [6.45, 7) is 1.96. The van der Waals surface area contributed by atoms with E-state index in [4.69, 9.17) is 0 Å². The van der Waals surface area contributed by atoms with E-state index in [0.29, 0.717) is 0 Å². The van der Waals surface area contributed by atoms with Gasteiger partial charge in [0.25, 0.3) is 0 Å². The molecule has 1 atom stereocenters. The van der Waals surface area contributed by atoms with Crippen molar-refractivity contribution in [2.24, 2.45) is 0 Å². The lowest BCUT2D eigenvalue weighted by Gasteiger charge is -2.17. The molecule has 1 N–H and O–H groups in total. The first-order valence-electron chi connectivity index (χ1n) is 6.25. The maximum Gasteiger partial charge on any atom is 0.143 e. The summed E-state index contributed by atoms with van der Waals surface area (Å²) in [5, 5.41) is 3.06. The second-order valence-corrected chi connectivity index (χ2v) is 5.48. The average molecular weight is 341 g/mol. The van der Waals surface area contributed by atoms with Crippen LogP contribution in [0.25, 0.3) is 0 Å². The lowest BCUT2D eigenvalue weighted by Crippen LogP contribution is -2.21. The molecule has 0 aliphatic heterocycles. The van der Waals surface area contributed by atoms with Gasteiger partial charge in [-0.25, -0.2) is 8.78 Å². The molecule has 0 fully saturated rings. The van der Waals surface area contributed by atoms with Gasteiger partial charge < -0.3 is 5.32 Å². The molecule has 0 aliphatic carbocycles. The molecule has 0 aliphatic rings. The van der Waals surface area contributed by atoms with Crippen LogP contribution >= 0.6 is 15.9 Å². The lowest BCUT2D eigenvalue weighted by atomic mass is 10.0. The third kappa shape index (κ3) is 3.22. The van der Waals surface area contributed by atoms with Crippen LogP contribution in [0.5, 0.6) is 0 Å². The van der Waals surface area contributed by atoms with Gasteiger partial charge in [0, 0.05) is 11.8 Å². The number of pyridine rings is 1. The molecule has 1 unspecified atom stereocenters. The minimum Gasteiger partial charge on any atom is -0.311 e. The fourth-order valence-electron chi connectivity index (χ4n) is 2.06. The highest BCUT2D eigenvalue weighted by molar-refractivity contribution is 9.10. The van der Waals surface area contributed by atoms with E-state index in [1.54, 1.807) is 13.2 Å². The molecule has 2 aromatic rings. The number of aryl methyl sites for hydroxylation is 1. The average Bonchev–Trinajstić information content (AvgIpc) is 2.43. The molecule has 1 aromatic heterocycles. The van der Waals surface area contributed by atoms with Gasteiger partial charge in [-0.3, -0.25) is 4.98 Å². The highest BCUT2D eigenvalue weighted by Crippen LogP contribution is 2.26. The van der Waals surface area contributed by atoms with Crippen LogP contribution in [0, 0.1) is 18.6 Å². The van der Waals surface area contributed by atoms with Crippen molar-refractivity contribution in [2.45, 2.75) is 19.4 Å². The van der Waals surface area contributed by atoms with Crippen molar-refractivity contribution in [1.82, 2.24) is 10.3 Å². The predicted molar refractivity (Wildman–Crippen MR) is 78.5 cm³/mol. The normalized spacial score (nSPS) is 12.4. The molecule has 2 rings (SSSR count). The van der Waals surface area contributed by atoms with Crippen molar-refractivity contribution in [3.8, 4) is 0 Å². The molecular weight excluding hydrogens is 326 g/mol. The van der Waals surface area contributed by atoms with Gasteiger partial charge in [0.2, 0.25) is 0 Å². The second kappa shape index (κ2) is 6.41. The van der Waals surface area contributed by atoms with E-state index in [2.05, 4.69) is 26.2 Å². The van der Waals surface area contributed by atoms with Gasteiger partial charge in [-0.05, 0) is 66.2 Å². The maximum absolute atomic E-state index is 14.0. The van der Waals surface area contributed by atoms with E-state index in [1.165, 1.54) is 12.1 Å². The van der Waals surface area contributed by atoms with Crippen LogP contribution in [-0.4, -0.2) is 12.0 Å². The molecule has 2 nitrogen and oxygen atoms in total. The first-order valence-corrected chi connectivity index (χ1v) is 7.04. The van der Waals surface area contributed by atoms with Gasteiger partial charge in [0.05, 0.1) is 16.2 Å². The van der Waals surface area contributed by atoms with Crippen LogP contribution in [0.15, 0.2) is 34.9 Å². The zero-order valence-electron chi connectivity index (χ0n) is 11.3. The highest BCUT2D eigenvalue weighted by Gasteiger charge is 2.19. The van der Waals surface area contributed by atoms with E-state index in [1.807, 2.05) is 19.1 Å². The number of aromatic nitrogens is 1. The van der Waals surface area contributed by atoms with Gasteiger partial charge >= 0.3 is 0 Å². The number of halogens is 3. The summed E-state index contributed by atoms with van der Waals surface area (Å²) in [4.78, 5) is 4.27. The monoisotopic (exact) mass is 340 g/mol. The Morgan fingerprint density at radius 2 is 2.05 bits per heavy atom. The number of benzene rings is 1. The Kier molecular flexibility index (Phi) is 4.83. The fourth-order valence-corrected chi connectivity index (χ4v) is 2.44. The zero-order chi connectivity index (χ0) is 14.7. The van der Waals surface area contributed by atoms with Crippen LogP contribution in [-0.2, 0) is 6.42 Å². The molecule has 0 saturated heterocycles. The molecule has 0 bridgehead atoms. The Morgan fingerprint density at radius 3 is 2.70 bits per heavy atom. The van der Waals surface area contributed by atoms with Crippen molar-refractivity contribution in [3.63, 3.8) is 0 Å². The zero-order valence-corrected chi connectivity index (χ0v) is 12.8. The molecule has 0 radical (unpaired) electrons. The van der Waals surface area contributed by atoms with Crippen molar-refractivity contribution >= 4 is 15.9 Å². The van der Waals surface area contributed by atoms with Gasteiger partial charge in [-0.15, -0.1) is 0 Å². The summed E-state index contributed by atoms with van der Waals surface area (Å²) in [6, 6.07) is 6.19. The summed E-state index contributed by atoms with van der Waals surface area (Å²) in [7, 11) is 1.75. The third-order valence-corrected chi connectivity index (χ3v) is 3.80. The van der Waals surface area contributed by atoms with E-state index in [9.17, 15) is 8.78 Å². The van der Waals surface area contributed by atoms with Crippen LogP contribution in [0.3, 0.4) is 0 Å². The number of hydrogen-bond acceptors (Lipinski definition) is 2. The van der Waals surface area contributed by atoms with Gasteiger partial charge in [0.15, 0.2) is 0 Å². The summed E-state index contributed by atoms with van der Waals surface area (Å²) in [6.07, 6.45) is 1.90. The molecular formula is C15H15BrF2N2. The topological polar surface area (TPSA) is 24.9 Å². The standard InChI is InChI=1S/C15H15BrF2N2/c1-9-5-6-20-14(7-9)13(19-2)8-10-12(17)4-3-11(16)15(10)18/h3-7,13,19H,8H2,1-2H3. The Labute approximate surface area is 125 Å². The second-order valence-electron chi connectivity index (χ2n) is 4.63. The quantitative estimate of drug-likeness (QED) is 0.853. The summed E-state index contributed by atoms with van der Waals surface area (Å²) >= 11 is 3.08. The fraction of sp³-hybridized carbons (Fsp3) is 0.267. The molecule has 0 spiro atoms. The Bertz CT molecular complexity index is 617. The number of nitrogens with one attached hydrogen (secondary N) is 1. The van der Waals surface area contributed by atoms with E-state index < -0.39 is 11.6 Å². The largest absolute Gasteiger partial charge is 0.311 e. The SMILES string of the molecule is CNC(Cc1c(F)ccc(Br)c1F)c1cc(C)ccn1. The van der Waals surface area contributed by atoms with Crippen LogP contribution in [0.2, 0.25) is 0 Å². The van der Waals surface area contributed by atoms with Gasteiger partial charge in [0.1, 0.15) is 11.6 Å². The minimum atomic E-state index is -0.557. The van der Waals surface area contributed by atoms with E-state index in [0.717, 1.165) is 11.3 Å². The summed E-state index contributed by atoms with van der Waals surface area (Å²) in [5.74, 6) is -1.10. The van der Waals surface area contributed by atoms with E-state index >= 15 is 0 Å².